The van der Waals surface area contributed by atoms with E-state index in [1.807, 2.05) is 0 Å². The third kappa shape index (κ3) is 2.35. The molecule has 20 heavy (non-hydrogen) atoms. The Morgan fingerprint density at radius 1 is 0.950 bits per heavy atom. The van der Waals surface area contributed by atoms with Crippen LogP contribution in [0.4, 0.5) is 18.9 Å². The first-order chi connectivity index (χ1) is 9.55. The van der Waals surface area contributed by atoms with Gasteiger partial charge in [0.1, 0.15) is 12.7 Å². The highest BCUT2D eigenvalue weighted by Gasteiger charge is 2.32. The van der Waals surface area contributed by atoms with Crippen molar-refractivity contribution in [1.82, 2.24) is 14.8 Å². The van der Waals surface area contributed by atoms with Crippen LogP contribution < -0.4 is 4.90 Å². The van der Waals surface area contributed by atoms with E-state index in [-0.39, 0.29) is 0 Å². The number of halogens is 3. The maximum atomic E-state index is 12.9. The summed E-state index contributed by atoms with van der Waals surface area (Å²) in [5, 5.41) is 7.34. The molecule has 0 bridgehead atoms. The van der Waals surface area contributed by atoms with E-state index in [1.165, 1.54) is 23.3 Å². The average molecular weight is 282 g/mol. The lowest BCUT2D eigenvalue weighted by Gasteiger charge is -2.22. The van der Waals surface area contributed by atoms with Crippen molar-refractivity contribution in [2.24, 2.45) is 0 Å². The van der Waals surface area contributed by atoms with Gasteiger partial charge in [0, 0.05) is 13.1 Å². The van der Waals surface area contributed by atoms with Gasteiger partial charge in [0.2, 0.25) is 0 Å². The van der Waals surface area contributed by atoms with Crippen molar-refractivity contribution >= 4 is 5.69 Å². The van der Waals surface area contributed by atoms with E-state index in [9.17, 15) is 13.2 Å². The van der Waals surface area contributed by atoms with Crippen LogP contribution in [0.2, 0.25) is 0 Å². The number of aromatic nitrogens is 3. The first-order valence-electron chi connectivity index (χ1n) is 6.37. The van der Waals surface area contributed by atoms with Gasteiger partial charge < -0.3 is 4.90 Å². The van der Waals surface area contributed by atoms with Gasteiger partial charge in [-0.05, 0) is 31.0 Å². The molecule has 0 spiro atoms. The van der Waals surface area contributed by atoms with E-state index >= 15 is 0 Å². The van der Waals surface area contributed by atoms with Crippen LogP contribution in [0.5, 0.6) is 0 Å². The molecule has 0 atom stereocenters. The zero-order chi connectivity index (χ0) is 14.2. The largest absolute Gasteiger partial charge is 0.416 e. The molecule has 0 N–H and O–H groups in total. The molecule has 2 heterocycles. The Balaban J connectivity index is 2.10. The van der Waals surface area contributed by atoms with Crippen molar-refractivity contribution in [3.63, 3.8) is 0 Å². The van der Waals surface area contributed by atoms with Gasteiger partial charge in [-0.3, -0.25) is 4.57 Å². The number of benzene rings is 1. The summed E-state index contributed by atoms with van der Waals surface area (Å²) in [5.41, 5.74) is 0.589. The van der Waals surface area contributed by atoms with Crippen LogP contribution in [0, 0.1) is 0 Å². The Hall–Kier alpha value is -2.05. The van der Waals surface area contributed by atoms with E-state index in [0.29, 0.717) is 5.69 Å². The van der Waals surface area contributed by atoms with E-state index in [4.69, 9.17) is 0 Å². The summed E-state index contributed by atoms with van der Waals surface area (Å²) in [7, 11) is 0. The number of hydrogen-bond acceptors (Lipinski definition) is 3. The molecule has 106 valence electrons. The van der Waals surface area contributed by atoms with Gasteiger partial charge in [0.15, 0.2) is 0 Å². The SMILES string of the molecule is FC(F)(F)c1ccc(N2CCCC2)c(-n2cnnc2)c1. The molecule has 1 fully saturated rings. The number of hydrogen-bond donors (Lipinski definition) is 0. The van der Waals surface area contributed by atoms with Gasteiger partial charge in [0.25, 0.3) is 0 Å². The molecule has 0 unspecified atom stereocenters. The van der Waals surface area contributed by atoms with Crippen LogP contribution in [0.15, 0.2) is 30.9 Å². The summed E-state index contributed by atoms with van der Waals surface area (Å²) < 4.78 is 40.1. The fourth-order valence-electron chi connectivity index (χ4n) is 2.46. The van der Waals surface area contributed by atoms with Crippen molar-refractivity contribution in [1.29, 1.82) is 0 Å². The molecule has 1 aromatic carbocycles. The van der Waals surface area contributed by atoms with Crippen LogP contribution in [0.3, 0.4) is 0 Å². The first-order valence-corrected chi connectivity index (χ1v) is 6.37. The van der Waals surface area contributed by atoms with E-state index < -0.39 is 11.7 Å². The lowest BCUT2D eigenvalue weighted by atomic mass is 10.1. The Morgan fingerprint density at radius 3 is 2.20 bits per heavy atom. The predicted octanol–water partition coefficient (Wildman–Crippen LogP) is 2.89. The van der Waals surface area contributed by atoms with Crippen LogP contribution >= 0.6 is 0 Å². The highest BCUT2D eigenvalue weighted by Crippen LogP contribution is 2.35. The number of nitrogens with zero attached hydrogens (tertiary/aromatic N) is 4. The van der Waals surface area contributed by atoms with Gasteiger partial charge in [-0.15, -0.1) is 10.2 Å². The molecule has 7 heteroatoms. The summed E-state index contributed by atoms with van der Waals surface area (Å²) in [4.78, 5) is 2.09. The molecule has 4 nitrogen and oxygen atoms in total. The minimum Gasteiger partial charge on any atom is -0.370 e. The zero-order valence-corrected chi connectivity index (χ0v) is 10.6. The molecule has 2 aromatic rings. The molecule has 1 aliphatic heterocycles. The highest BCUT2D eigenvalue weighted by atomic mass is 19.4. The van der Waals surface area contributed by atoms with Gasteiger partial charge >= 0.3 is 6.18 Å². The summed E-state index contributed by atoms with van der Waals surface area (Å²) >= 11 is 0. The number of anilines is 1. The van der Waals surface area contributed by atoms with Gasteiger partial charge in [-0.25, -0.2) is 0 Å². The molecular weight excluding hydrogens is 269 g/mol. The lowest BCUT2D eigenvalue weighted by Crippen LogP contribution is -2.20. The summed E-state index contributed by atoms with van der Waals surface area (Å²) in [5.74, 6) is 0. The smallest absolute Gasteiger partial charge is 0.370 e. The van der Waals surface area contributed by atoms with Crippen LogP contribution in [-0.4, -0.2) is 27.9 Å². The topological polar surface area (TPSA) is 34.0 Å². The second-order valence-corrected chi connectivity index (χ2v) is 4.76. The van der Waals surface area contributed by atoms with Crippen molar-refractivity contribution in [3.05, 3.63) is 36.4 Å². The van der Waals surface area contributed by atoms with Gasteiger partial charge in [-0.1, -0.05) is 0 Å². The Kier molecular flexibility index (Phi) is 3.11. The maximum Gasteiger partial charge on any atom is 0.416 e. The number of rotatable bonds is 2. The molecule has 0 aliphatic carbocycles. The molecule has 3 rings (SSSR count). The Bertz CT molecular complexity index is 586. The van der Waals surface area contributed by atoms with Gasteiger partial charge in [-0.2, -0.15) is 13.2 Å². The predicted molar refractivity (Wildman–Crippen MR) is 67.8 cm³/mol. The lowest BCUT2D eigenvalue weighted by molar-refractivity contribution is -0.137. The quantitative estimate of drug-likeness (QED) is 0.849. The third-order valence-corrected chi connectivity index (χ3v) is 3.45. The van der Waals surface area contributed by atoms with E-state index in [1.54, 1.807) is 0 Å². The fraction of sp³-hybridized carbons (Fsp3) is 0.385. The minimum absolute atomic E-state index is 0.465. The normalized spacial score (nSPS) is 15.8. The molecule has 1 aromatic heterocycles. The monoisotopic (exact) mass is 282 g/mol. The van der Waals surface area contributed by atoms with Crippen molar-refractivity contribution in [3.8, 4) is 5.69 Å². The molecule has 1 saturated heterocycles. The minimum atomic E-state index is -4.35. The Morgan fingerprint density at radius 2 is 1.60 bits per heavy atom. The van der Waals surface area contributed by atoms with E-state index in [2.05, 4.69) is 15.1 Å². The average Bonchev–Trinajstić information content (AvgIpc) is 3.10. The first kappa shape index (κ1) is 13.0. The highest BCUT2D eigenvalue weighted by molar-refractivity contribution is 5.64. The summed E-state index contributed by atoms with van der Waals surface area (Å²) in [6, 6.07) is 3.81. The van der Waals surface area contributed by atoms with Crippen LogP contribution in [-0.2, 0) is 6.18 Å². The van der Waals surface area contributed by atoms with Crippen LogP contribution in [0.25, 0.3) is 5.69 Å². The summed E-state index contributed by atoms with van der Waals surface area (Å²) in [6.07, 6.45) is 0.585. The standard InChI is InChI=1S/C13H13F3N4/c14-13(15,16)10-3-4-11(19-5-1-2-6-19)12(7-10)20-8-17-18-9-20/h3-4,7-9H,1-2,5-6H2. The molecule has 0 amide bonds. The zero-order valence-electron chi connectivity index (χ0n) is 10.6. The Labute approximate surface area is 113 Å². The third-order valence-electron chi connectivity index (χ3n) is 3.45. The maximum absolute atomic E-state index is 12.9. The van der Waals surface area contributed by atoms with Gasteiger partial charge in [0.05, 0.1) is 16.9 Å². The van der Waals surface area contributed by atoms with Crippen molar-refractivity contribution < 1.29 is 13.2 Å². The second kappa shape index (κ2) is 4.81. The van der Waals surface area contributed by atoms with Crippen molar-refractivity contribution in [2.45, 2.75) is 19.0 Å². The molecular formula is C13H13F3N4. The second-order valence-electron chi connectivity index (χ2n) is 4.76. The molecule has 0 radical (unpaired) electrons. The van der Waals surface area contributed by atoms with E-state index in [0.717, 1.165) is 43.8 Å². The number of alkyl halides is 3. The fourth-order valence-corrected chi connectivity index (χ4v) is 2.46. The molecule has 1 aliphatic rings. The van der Waals surface area contributed by atoms with Crippen molar-refractivity contribution in [2.75, 3.05) is 18.0 Å². The summed E-state index contributed by atoms with van der Waals surface area (Å²) in [6.45, 7) is 1.72. The van der Waals surface area contributed by atoms with Crippen LogP contribution in [0.1, 0.15) is 18.4 Å². The molecule has 0 saturated carbocycles.